The molecule has 0 saturated heterocycles. The fourth-order valence-electron chi connectivity index (χ4n) is 1.24. The van der Waals surface area contributed by atoms with Crippen LogP contribution in [0.1, 0.15) is 31.1 Å². The number of halogens is 2. The molecule has 0 radical (unpaired) electrons. The average Bonchev–Trinajstić information content (AvgIpc) is 2.29. The first kappa shape index (κ1) is 15.5. The zero-order chi connectivity index (χ0) is 13.9. The normalized spacial score (nSPS) is 14.4. The first-order valence-electron chi connectivity index (χ1n) is 5.70. The Morgan fingerprint density at radius 3 is 2.72 bits per heavy atom. The van der Waals surface area contributed by atoms with Crippen LogP contribution in [0.4, 0.5) is 0 Å². The van der Waals surface area contributed by atoms with Crippen LogP contribution in [-0.4, -0.2) is 23.2 Å². The van der Waals surface area contributed by atoms with Crippen LogP contribution in [0.25, 0.3) is 0 Å². The third-order valence-electron chi connectivity index (χ3n) is 3.05. The van der Waals surface area contributed by atoms with Crippen molar-refractivity contribution in [1.29, 1.82) is 0 Å². The molecule has 1 amide bonds. The van der Waals surface area contributed by atoms with E-state index in [9.17, 15) is 9.90 Å². The molecule has 0 saturated carbocycles. The van der Waals surface area contributed by atoms with Crippen molar-refractivity contribution in [2.24, 2.45) is 5.92 Å². The minimum Gasteiger partial charge on any atom is -0.388 e. The van der Waals surface area contributed by atoms with Crippen LogP contribution in [0.3, 0.4) is 0 Å². The van der Waals surface area contributed by atoms with Crippen molar-refractivity contribution in [3.8, 4) is 0 Å². The second-order valence-corrected chi connectivity index (χ2v) is 6.03. The highest BCUT2D eigenvalue weighted by Gasteiger charge is 2.26. The van der Waals surface area contributed by atoms with E-state index in [1.54, 1.807) is 25.1 Å². The van der Waals surface area contributed by atoms with Crippen molar-refractivity contribution >= 4 is 33.4 Å². The lowest BCUT2D eigenvalue weighted by atomic mass is 9.92. The number of hydrogen-bond donors (Lipinski definition) is 2. The smallest absolute Gasteiger partial charge is 0.252 e. The lowest BCUT2D eigenvalue weighted by Crippen LogP contribution is -2.44. The molecule has 0 aliphatic carbocycles. The molecule has 1 rings (SSSR count). The second kappa shape index (κ2) is 6.04. The van der Waals surface area contributed by atoms with Crippen molar-refractivity contribution in [3.63, 3.8) is 0 Å². The number of amides is 1. The van der Waals surface area contributed by atoms with Gasteiger partial charge in [-0.05, 0) is 40.9 Å². The lowest BCUT2D eigenvalue weighted by Gasteiger charge is -2.27. The monoisotopic (exact) mass is 333 g/mol. The predicted octanol–water partition coefficient (Wildman–Crippen LogP) is 3.24. The van der Waals surface area contributed by atoms with Gasteiger partial charge in [-0.2, -0.15) is 0 Å². The van der Waals surface area contributed by atoms with Gasteiger partial charge in [-0.15, -0.1) is 0 Å². The van der Waals surface area contributed by atoms with Crippen LogP contribution >= 0.6 is 27.5 Å². The molecule has 1 unspecified atom stereocenters. The number of aliphatic hydroxyl groups is 1. The molecule has 0 heterocycles. The van der Waals surface area contributed by atoms with E-state index in [2.05, 4.69) is 21.2 Å². The highest BCUT2D eigenvalue weighted by molar-refractivity contribution is 9.10. The number of nitrogens with one attached hydrogen (secondary N) is 1. The molecule has 0 aliphatic rings. The predicted molar refractivity (Wildman–Crippen MR) is 76.9 cm³/mol. The van der Waals surface area contributed by atoms with Crippen LogP contribution in [-0.2, 0) is 0 Å². The molecule has 1 aromatic rings. The van der Waals surface area contributed by atoms with Gasteiger partial charge in [0.15, 0.2) is 0 Å². The van der Waals surface area contributed by atoms with Crippen LogP contribution in [0, 0.1) is 5.92 Å². The third kappa shape index (κ3) is 3.70. The maximum atomic E-state index is 12.0. The largest absolute Gasteiger partial charge is 0.388 e. The SMILES string of the molecule is CC(C)C(C)(O)CNC(=O)c1cccc(Br)c1Cl. The minimum atomic E-state index is -0.936. The molecular formula is C13H17BrClNO2. The van der Waals surface area contributed by atoms with Gasteiger partial charge < -0.3 is 10.4 Å². The molecule has 0 fully saturated rings. The minimum absolute atomic E-state index is 0.0516. The Hall–Kier alpha value is -0.580. The summed E-state index contributed by atoms with van der Waals surface area (Å²) in [6, 6.07) is 5.15. The lowest BCUT2D eigenvalue weighted by molar-refractivity contribution is 0.0142. The van der Waals surface area contributed by atoms with Gasteiger partial charge in [0.05, 0.1) is 16.2 Å². The Bertz CT molecular complexity index is 447. The van der Waals surface area contributed by atoms with Gasteiger partial charge in [0, 0.05) is 11.0 Å². The van der Waals surface area contributed by atoms with Crippen molar-refractivity contribution in [3.05, 3.63) is 33.3 Å². The van der Waals surface area contributed by atoms with Crippen molar-refractivity contribution < 1.29 is 9.90 Å². The maximum absolute atomic E-state index is 12.0. The van der Waals surface area contributed by atoms with E-state index in [1.165, 1.54) is 0 Å². The first-order valence-corrected chi connectivity index (χ1v) is 6.87. The summed E-state index contributed by atoms with van der Waals surface area (Å²) in [6.07, 6.45) is 0. The molecule has 18 heavy (non-hydrogen) atoms. The Balaban J connectivity index is 2.75. The Morgan fingerprint density at radius 2 is 2.17 bits per heavy atom. The van der Waals surface area contributed by atoms with Crippen LogP contribution in [0.5, 0.6) is 0 Å². The molecule has 100 valence electrons. The van der Waals surface area contributed by atoms with Crippen molar-refractivity contribution in [2.75, 3.05) is 6.54 Å². The van der Waals surface area contributed by atoms with E-state index in [4.69, 9.17) is 11.6 Å². The molecular weight excluding hydrogens is 318 g/mol. The van der Waals surface area contributed by atoms with Crippen molar-refractivity contribution in [1.82, 2.24) is 5.32 Å². The van der Waals surface area contributed by atoms with Gasteiger partial charge in [0.1, 0.15) is 0 Å². The van der Waals surface area contributed by atoms with E-state index >= 15 is 0 Å². The summed E-state index contributed by atoms with van der Waals surface area (Å²) in [6.45, 7) is 5.68. The molecule has 0 spiro atoms. The van der Waals surface area contributed by atoms with Gasteiger partial charge in [0.2, 0.25) is 0 Å². The van der Waals surface area contributed by atoms with Gasteiger partial charge in [-0.3, -0.25) is 4.79 Å². The Morgan fingerprint density at radius 1 is 1.56 bits per heavy atom. The summed E-state index contributed by atoms with van der Waals surface area (Å²) in [5, 5.41) is 13.1. The summed E-state index contributed by atoms with van der Waals surface area (Å²) in [4.78, 5) is 12.0. The van der Waals surface area contributed by atoms with Crippen LogP contribution in [0.15, 0.2) is 22.7 Å². The van der Waals surface area contributed by atoms with Gasteiger partial charge in [-0.25, -0.2) is 0 Å². The molecule has 2 N–H and O–H groups in total. The quantitative estimate of drug-likeness (QED) is 0.888. The summed E-state index contributed by atoms with van der Waals surface area (Å²) in [5.41, 5.74) is -0.542. The zero-order valence-corrected chi connectivity index (χ0v) is 13.0. The standard InChI is InChI=1S/C13H17BrClNO2/c1-8(2)13(3,18)7-16-12(17)9-5-4-6-10(14)11(9)15/h4-6,8,18H,7H2,1-3H3,(H,16,17). The van der Waals surface area contributed by atoms with E-state index in [0.29, 0.717) is 15.1 Å². The van der Waals surface area contributed by atoms with Gasteiger partial charge in [-0.1, -0.05) is 31.5 Å². The second-order valence-electron chi connectivity index (χ2n) is 4.80. The zero-order valence-electron chi connectivity index (χ0n) is 10.6. The molecule has 3 nitrogen and oxygen atoms in total. The van der Waals surface area contributed by atoms with Gasteiger partial charge in [0.25, 0.3) is 5.91 Å². The fraction of sp³-hybridized carbons (Fsp3) is 0.462. The van der Waals surface area contributed by atoms with E-state index < -0.39 is 5.60 Å². The number of rotatable bonds is 4. The summed E-state index contributed by atoms with van der Waals surface area (Å²) >= 11 is 9.30. The topological polar surface area (TPSA) is 49.3 Å². The maximum Gasteiger partial charge on any atom is 0.252 e. The number of carbonyl (C=O) groups excluding carboxylic acids is 1. The molecule has 5 heteroatoms. The average molecular weight is 335 g/mol. The summed E-state index contributed by atoms with van der Waals surface area (Å²) in [7, 11) is 0. The number of hydrogen-bond acceptors (Lipinski definition) is 2. The highest BCUT2D eigenvalue weighted by atomic mass is 79.9. The fourth-order valence-corrected chi connectivity index (χ4v) is 1.82. The van der Waals surface area contributed by atoms with Gasteiger partial charge >= 0.3 is 0 Å². The first-order chi connectivity index (χ1) is 8.25. The molecule has 1 aromatic carbocycles. The Labute approximate surface area is 121 Å². The highest BCUT2D eigenvalue weighted by Crippen LogP contribution is 2.26. The van der Waals surface area contributed by atoms with Crippen LogP contribution in [0.2, 0.25) is 5.02 Å². The molecule has 0 bridgehead atoms. The number of carbonyl (C=O) groups is 1. The van der Waals surface area contributed by atoms with Crippen molar-refractivity contribution in [2.45, 2.75) is 26.4 Å². The molecule has 0 aliphatic heterocycles. The van der Waals surface area contributed by atoms with Crippen LogP contribution < -0.4 is 5.32 Å². The Kier molecular flexibility index (Phi) is 5.20. The molecule has 1 atom stereocenters. The summed E-state index contributed by atoms with van der Waals surface area (Å²) in [5.74, 6) is -0.238. The molecule has 0 aromatic heterocycles. The number of benzene rings is 1. The summed E-state index contributed by atoms with van der Waals surface area (Å²) < 4.78 is 0.674. The van der Waals surface area contributed by atoms with E-state index in [0.717, 1.165) is 0 Å². The van der Waals surface area contributed by atoms with E-state index in [1.807, 2.05) is 13.8 Å². The van der Waals surface area contributed by atoms with E-state index in [-0.39, 0.29) is 18.4 Å². The third-order valence-corrected chi connectivity index (χ3v) is 4.34.